The maximum absolute atomic E-state index is 12.3. The fourth-order valence-corrected chi connectivity index (χ4v) is 3.31. The molecule has 124 valence electrons. The van der Waals surface area contributed by atoms with Crippen molar-refractivity contribution >= 4 is 43.8 Å². The summed E-state index contributed by atoms with van der Waals surface area (Å²) >= 11 is 1.16. The summed E-state index contributed by atoms with van der Waals surface area (Å²) in [6.45, 7) is 5.44. The van der Waals surface area contributed by atoms with Crippen LogP contribution in [0.2, 0.25) is 0 Å². The van der Waals surface area contributed by atoms with Gasteiger partial charge in [0.1, 0.15) is 10.7 Å². The van der Waals surface area contributed by atoms with E-state index in [2.05, 4.69) is 10.3 Å². The van der Waals surface area contributed by atoms with Gasteiger partial charge in [-0.15, -0.1) is 0 Å². The Morgan fingerprint density at radius 1 is 1.22 bits per heavy atom. The zero-order valence-electron chi connectivity index (χ0n) is 13.0. The number of aromatic nitrogens is 1. The normalized spacial score (nSPS) is 12.2. The Morgan fingerprint density at radius 2 is 1.78 bits per heavy atom. The van der Waals surface area contributed by atoms with Crippen LogP contribution >= 0.6 is 11.3 Å². The van der Waals surface area contributed by atoms with Gasteiger partial charge < -0.3 is 11.1 Å². The molecule has 5 N–H and O–H groups in total. The molecule has 1 aromatic heterocycles. The van der Waals surface area contributed by atoms with Crippen molar-refractivity contribution in [2.45, 2.75) is 25.7 Å². The van der Waals surface area contributed by atoms with E-state index in [-0.39, 0.29) is 16.5 Å². The Morgan fingerprint density at radius 3 is 2.26 bits per heavy atom. The molecule has 0 bridgehead atoms. The number of primary sulfonamides is 1. The average Bonchev–Trinajstić information content (AvgIpc) is 2.77. The summed E-state index contributed by atoms with van der Waals surface area (Å²) in [4.78, 5) is 16.8. The van der Waals surface area contributed by atoms with Gasteiger partial charge in [-0.3, -0.25) is 4.79 Å². The van der Waals surface area contributed by atoms with Crippen LogP contribution in [0.4, 0.5) is 16.6 Å². The first-order valence-electron chi connectivity index (χ1n) is 6.69. The van der Waals surface area contributed by atoms with Crippen LogP contribution in [0.3, 0.4) is 0 Å². The van der Waals surface area contributed by atoms with Gasteiger partial charge in [0, 0.05) is 11.1 Å². The van der Waals surface area contributed by atoms with Crippen LogP contribution < -0.4 is 16.2 Å². The zero-order chi connectivity index (χ0) is 17.4. The molecule has 23 heavy (non-hydrogen) atoms. The van der Waals surface area contributed by atoms with Crippen LogP contribution in [0, 0.1) is 5.41 Å². The van der Waals surface area contributed by atoms with Crippen molar-refractivity contribution in [1.29, 1.82) is 0 Å². The Balaban J connectivity index is 2.23. The second kappa shape index (κ2) is 5.91. The second-order valence-electron chi connectivity index (χ2n) is 6.01. The van der Waals surface area contributed by atoms with Crippen LogP contribution in [0.1, 0.15) is 30.4 Å². The van der Waals surface area contributed by atoms with Gasteiger partial charge in [0.05, 0.1) is 4.90 Å². The van der Waals surface area contributed by atoms with Crippen LogP contribution in [-0.4, -0.2) is 19.2 Å². The Kier molecular flexibility index (Phi) is 4.47. The summed E-state index contributed by atoms with van der Waals surface area (Å²) in [6.07, 6.45) is 0. The molecule has 0 aliphatic rings. The zero-order valence-corrected chi connectivity index (χ0v) is 14.6. The van der Waals surface area contributed by atoms with Gasteiger partial charge in [-0.1, -0.05) is 32.1 Å². The standard InChI is InChI=1S/C14H18N4O3S2/c1-14(2,3)11(19)10-12(15)18-13(22-10)17-8-4-6-9(7-5-8)23(16,20)21/h4-7H,15H2,1-3H3,(H,17,18)(H2,16,20,21). The van der Waals surface area contributed by atoms with Crippen LogP contribution in [0.15, 0.2) is 29.2 Å². The quantitative estimate of drug-likeness (QED) is 0.723. The van der Waals surface area contributed by atoms with E-state index < -0.39 is 15.4 Å². The predicted octanol–water partition coefficient (Wildman–Crippen LogP) is 2.35. The summed E-state index contributed by atoms with van der Waals surface area (Å²) in [7, 11) is -3.73. The molecule has 0 radical (unpaired) electrons. The minimum Gasteiger partial charge on any atom is -0.382 e. The van der Waals surface area contributed by atoms with E-state index in [1.807, 2.05) is 20.8 Å². The van der Waals surface area contributed by atoms with E-state index in [4.69, 9.17) is 10.9 Å². The van der Waals surface area contributed by atoms with E-state index >= 15 is 0 Å². The van der Waals surface area contributed by atoms with Crippen LogP contribution in [0.5, 0.6) is 0 Å². The third kappa shape index (κ3) is 4.06. The minimum atomic E-state index is -3.73. The fraction of sp³-hybridized carbons (Fsp3) is 0.286. The number of ketones is 1. The van der Waals surface area contributed by atoms with Gasteiger partial charge in [0.2, 0.25) is 10.0 Å². The van der Waals surface area contributed by atoms with Gasteiger partial charge in [0.15, 0.2) is 10.9 Å². The summed E-state index contributed by atoms with van der Waals surface area (Å²) in [5, 5.41) is 8.49. The number of hydrogen-bond donors (Lipinski definition) is 3. The number of hydrogen-bond acceptors (Lipinski definition) is 7. The molecule has 0 fully saturated rings. The van der Waals surface area contributed by atoms with Gasteiger partial charge in [-0.05, 0) is 24.3 Å². The highest BCUT2D eigenvalue weighted by Gasteiger charge is 2.27. The number of thiazole rings is 1. The molecule has 1 aromatic carbocycles. The highest BCUT2D eigenvalue weighted by atomic mass is 32.2. The Bertz CT molecular complexity index is 834. The molecule has 9 heteroatoms. The van der Waals surface area contributed by atoms with Gasteiger partial charge >= 0.3 is 0 Å². The lowest BCUT2D eigenvalue weighted by atomic mass is 9.90. The number of sulfonamides is 1. The number of nitrogen functional groups attached to an aromatic ring is 1. The van der Waals surface area contributed by atoms with E-state index in [0.29, 0.717) is 15.7 Å². The van der Waals surface area contributed by atoms with E-state index in [1.165, 1.54) is 12.1 Å². The smallest absolute Gasteiger partial charge is 0.238 e. The molecule has 0 aliphatic carbocycles. The molecule has 2 rings (SSSR count). The third-order valence-electron chi connectivity index (χ3n) is 2.97. The van der Waals surface area contributed by atoms with Crippen molar-refractivity contribution in [1.82, 2.24) is 4.98 Å². The number of carbonyl (C=O) groups excluding carboxylic acids is 1. The number of nitrogens with two attached hydrogens (primary N) is 2. The van der Waals surface area contributed by atoms with Crippen molar-refractivity contribution in [3.05, 3.63) is 29.1 Å². The van der Waals surface area contributed by atoms with Crippen molar-refractivity contribution in [3.63, 3.8) is 0 Å². The lowest BCUT2D eigenvalue weighted by Gasteiger charge is -2.14. The molecule has 1 heterocycles. The van der Waals surface area contributed by atoms with E-state index in [0.717, 1.165) is 11.3 Å². The molecule has 0 amide bonds. The average molecular weight is 354 g/mol. The molecule has 0 aliphatic heterocycles. The summed E-state index contributed by atoms with van der Waals surface area (Å²) in [5.41, 5.74) is 5.88. The maximum Gasteiger partial charge on any atom is 0.238 e. The van der Waals surface area contributed by atoms with Crippen molar-refractivity contribution < 1.29 is 13.2 Å². The van der Waals surface area contributed by atoms with E-state index in [9.17, 15) is 13.2 Å². The molecule has 0 unspecified atom stereocenters. The number of rotatable bonds is 4. The highest BCUT2D eigenvalue weighted by Crippen LogP contribution is 2.33. The molecule has 0 saturated carbocycles. The van der Waals surface area contributed by atoms with Gasteiger partial charge in [-0.25, -0.2) is 18.5 Å². The fourth-order valence-electron chi connectivity index (χ4n) is 1.74. The second-order valence-corrected chi connectivity index (χ2v) is 8.57. The summed E-state index contributed by atoms with van der Waals surface area (Å²) < 4.78 is 22.4. The lowest BCUT2D eigenvalue weighted by Crippen LogP contribution is -2.20. The number of anilines is 3. The number of nitrogens with zero attached hydrogens (tertiary/aromatic N) is 1. The lowest BCUT2D eigenvalue weighted by molar-refractivity contribution is 0.0863. The van der Waals surface area contributed by atoms with Crippen molar-refractivity contribution in [2.75, 3.05) is 11.1 Å². The number of carbonyl (C=O) groups is 1. The number of benzene rings is 1. The molecular weight excluding hydrogens is 336 g/mol. The summed E-state index contributed by atoms with van der Waals surface area (Å²) in [5.74, 6) is 0.101. The van der Waals surface area contributed by atoms with E-state index in [1.54, 1.807) is 12.1 Å². The van der Waals surface area contributed by atoms with Crippen LogP contribution in [0.25, 0.3) is 0 Å². The first-order chi connectivity index (χ1) is 10.5. The maximum atomic E-state index is 12.3. The summed E-state index contributed by atoms with van der Waals surface area (Å²) in [6, 6.07) is 5.89. The largest absolute Gasteiger partial charge is 0.382 e. The first kappa shape index (κ1) is 17.4. The molecule has 0 saturated heterocycles. The molecule has 2 aromatic rings. The topological polar surface area (TPSA) is 128 Å². The Labute approximate surface area is 138 Å². The molecule has 0 atom stereocenters. The van der Waals surface area contributed by atoms with Gasteiger partial charge in [0.25, 0.3) is 0 Å². The monoisotopic (exact) mass is 354 g/mol. The number of nitrogens with one attached hydrogen (secondary N) is 1. The number of Topliss-reactive ketones (excluding diaryl/α,β-unsaturated/α-hetero) is 1. The SMILES string of the molecule is CC(C)(C)C(=O)c1sc(Nc2ccc(S(N)(=O)=O)cc2)nc1N. The first-order valence-corrected chi connectivity index (χ1v) is 9.06. The molecule has 7 nitrogen and oxygen atoms in total. The third-order valence-corrected chi connectivity index (χ3v) is 4.89. The van der Waals surface area contributed by atoms with Crippen molar-refractivity contribution in [2.24, 2.45) is 10.6 Å². The Hall–Kier alpha value is -1.97. The van der Waals surface area contributed by atoms with Gasteiger partial charge in [-0.2, -0.15) is 0 Å². The molecular formula is C14H18N4O3S2. The van der Waals surface area contributed by atoms with Crippen LogP contribution in [-0.2, 0) is 10.0 Å². The highest BCUT2D eigenvalue weighted by molar-refractivity contribution is 7.89. The predicted molar refractivity (Wildman–Crippen MR) is 91.4 cm³/mol. The van der Waals surface area contributed by atoms with Crippen molar-refractivity contribution in [3.8, 4) is 0 Å². The molecule has 0 spiro atoms. The minimum absolute atomic E-state index is 0.0188.